The average Bonchev–Trinajstić information content (AvgIpc) is 3.37. The zero-order chi connectivity index (χ0) is 33.6. The summed E-state index contributed by atoms with van der Waals surface area (Å²) in [5.41, 5.74) is 5.96. The molecule has 2 saturated heterocycles. The van der Waals surface area contributed by atoms with Gasteiger partial charge in [0, 0.05) is 25.7 Å². The first kappa shape index (κ1) is 33.3. The lowest BCUT2D eigenvalue weighted by Crippen LogP contribution is -2.48. The van der Waals surface area contributed by atoms with Crippen LogP contribution in [0.25, 0.3) is 17.2 Å². The number of hydrogen-bond acceptors (Lipinski definition) is 6. The van der Waals surface area contributed by atoms with Gasteiger partial charge in [-0.25, -0.2) is 9.18 Å². The van der Waals surface area contributed by atoms with E-state index in [1.165, 1.54) is 45.6 Å². The predicted octanol–water partition coefficient (Wildman–Crippen LogP) is 6.98. The van der Waals surface area contributed by atoms with Crippen molar-refractivity contribution in [1.29, 1.82) is 0 Å². The van der Waals surface area contributed by atoms with Gasteiger partial charge in [0.05, 0.1) is 20.6 Å². The number of methoxy groups -OCH3 is 2. The molecule has 2 fully saturated rings. The molecule has 0 aromatic heterocycles. The molecule has 2 aliphatic heterocycles. The zero-order valence-corrected chi connectivity index (χ0v) is 28.0. The molecule has 3 aromatic rings. The van der Waals surface area contributed by atoms with Gasteiger partial charge >= 0.3 is 6.09 Å². The third-order valence-corrected chi connectivity index (χ3v) is 9.74. The molecule has 0 spiro atoms. The minimum atomic E-state index is -0.417. The number of halogens is 1. The molecule has 0 saturated carbocycles. The number of ether oxygens (including phenoxy) is 3. The van der Waals surface area contributed by atoms with Gasteiger partial charge in [-0.05, 0) is 115 Å². The number of likely N-dealkylation sites (tertiary alicyclic amines) is 2. The van der Waals surface area contributed by atoms with Crippen molar-refractivity contribution >= 4 is 29.2 Å². The van der Waals surface area contributed by atoms with Gasteiger partial charge in [-0.1, -0.05) is 42.8 Å². The van der Waals surface area contributed by atoms with E-state index in [-0.39, 0.29) is 30.4 Å². The van der Waals surface area contributed by atoms with E-state index in [0.717, 1.165) is 64.9 Å². The third-order valence-electron chi connectivity index (χ3n) is 9.74. The highest BCUT2D eigenvalue weighted by Crippen LogP contribution is 2.44. The summed E-state index contributed by atoms with van der Waals surface area (Å²) >= 11 is 0. The van der Waals surface area contributed by atoms with E-state index in [9.17, 15) is 14.0 Å². The molecule has 8 nitrogen and oxygen atoms in total. The van der Waals surface area contributed by atoms with Crippen LogP contribution in [0.15, 0.2) is 66.2 Å². The molecule has 1 aliphatic carbocycles. The van der Waals surface area contributed by atoms with Crippen molar-refractivity contribution in [2.45, 2.75) is 51.5 Å². The number of piperidine rings is 2. The van der Waals surface area contributed by atoms with Crippen molar-refractivity contribution in [3.8, 4) is 17.2 Å². The van der Waals surface area contributed by atoms with E-state index >= 15 is 0 Å². The Morgan fingerprint density at radius 2 is 1.58 bits per heavy atom. The molecule has 0 radical (unpaired) electrons. The van der Waals surface area contributed by atoms with Gasteiger partial charge in [0.1, 0.15) is 5.82 Å². The monoisotopic (exact) mass is 653 g/mol. The second-order valence-electron chi connectivity index (χ2n) is 12.7. The maximum atomic E-state index is 14.5. The number of amides is 2. The van der Waals surface area contributed by atoms with Crippen LogP contribution in [0, 0.1) is 5.82 Å². The van der Waals surface area contributed by atoms with Crippen LogP contribution in [0.3, 0.4) is 0 Å². The minimum Gasteiger partial charge on any atom is -0.493 e. The lowest BCUT2D eigenvalue weighted by Gasteiger charge is -2.39. The molecule has 3 aliphatic rings. The molecule has 2 heterocycles. The van der Waals surface area contributed by atoms with Crippen molar-refractivity contribution < 1.29 is 28.2 Å². The van der Waals surface area contributed by atoms with Gasteiger partial charge in [0.25, 0.3) is 0 Å². The Kier molecular flexibility index (Phi) is 10.4. The van der Waals surface area contributed by atoms with Crippen molar-refractivity contribution in [2.24, 2.45) is 0 Å². The van der Waals surface area contributed by atoms with Crippen LogP contribution in [-0.2, 0) is 11.2 Å². The van der Waals surface area contributed by atoms with Gasteiger partial charge in [-0.15, -0.1) is 0 Å². The maximum Gasteiger partial charge on any atom is 0.415 e. The Morgan fingerprint density at radius 3 is 2.25 bits per heavy atom. The number of nitrogens with zero attached hydrogens (tertiary/aromatic N) is 2. The second kappa shape index (κ2) is 15.1. The number of carbonyl (C=O) groups excluding carboxylic acids is 2. The number of carbonyl (C=O) groups is 2. The highest BCUT2D eigenvalue weighted by Gasteiger charge is 2.30. The molecule has 48 heavy (non-hydrogen) atoms. The van der Waals surface area contributed by atoms with Gasteiger partial charge in [0.2, 0.25) is 11.7 Å². The Labute approximate surface area is 282 Å². The van der Waals surface area contributed by atoms with Crippen LogP contribution in [0.4, 0.5) is 9.18 Å². The third kappa shape index (κ3) is 7.41. The SMILES string of the molecule is COc1cc(/C=C2/C(C)=C(CNC(=O)Cc3ccccc3)c3cc(F)ccc32)cc(OC)c1OC(=O)N1CCC(N2CCCCC2)CC1. The number of fused-ring (bicyclic) bond motifs is 1. The molecular weight excluding hydrogens is 609 g/mol. The molecule has 0 unspecified atom stereocenters. The fourth-order valence-electron chi connectivity index (χ4n) is 7.11. The first-order valence-corrected chi connectivity index (χ1v) is 16.8. The maximum absolute atomic E-state index is 14.5. The van der Waals surface area contributed by atoms with Crippen molar-refractivity contribution in [3.63, 3.8) is 0 Å². The zero-order valence-electron chi connectivity index (χ0n) is 28.0. The van der Waals surface area contributed by atoms with E-state index in [1.807, 2.05) is 43.3 Å². The first-order valence-electron chi connectivity index (χ1n) is 16.8. The van der Waals surface area contributed by atoms with Crippen LogP contribution in [0.5, 0.6) is 17.2 Å². The quantitative estimate of drug-likeness (QED) is 0.269. The van der Waals surface area contributed by atoms with Crippen LogP contribution < -0.4 is 19.5 Å². The van der Waals surface area contributed by atoms with Gasteiger partial charge < -0.3 is 29.3 Å². The Bertz CT molecular complexity index is 1680. The Hall–Kier alpha value is -4.63. The summed E-state index contributed by atoms with van der Waals surface area (Å²) in [7, 11) is 3.06. The summed E-state index contributed by atoms with van der Waals surface area (Å²) in [5.74, 6) is 0.507. The van der Waals surface area contributed by atoms with E-state index in [2.05, 4.69) is 10.2 Å². The largest absolute Gasteiger partial charge is 0.493 e. The molecule has 1 N–H and O–H groups in total. The molecule has 252 valence electrons. The molecule has 0 atom stereocenters. The molecule has 6 rings (SSSR count). The molecule has 9 heteroatoms. The molecular formula is C39H44FN3O5. The Balaban J connectivity index is 1.20. The van der Waals surface area contributed by atoms with Crippen LogP contribution >= 0.6 is 0 Å². The lowest BCUT2D eigenvalue weighted by molar-refractivity contribution is -0.120. The van der Waals surface area contributed by atoms with Gasteiger partial charge in [-0.3, -0.25) is 4.79 Å². The van der Waals surface area contributed by atoms with Gasteiger partial charge in [-0.2, -0.15) is 0 Å². The number of benzene rings is 3. The summed E-state index contributed by atoms with van der Waals surface area (Å²) in [6, 6.07) is 18.4. The fourth-order valence-corrected chi connectivity index (χ4v) is 7.11. The molecule has 3 aromatic carbocycles. The van der Waals surface area contributed by atoms with E-state index in [1.54, 1.807) is 23.1 Å². The number of allylic oxidation sites excluding steroid dienone is 2. The van der Waals surface area contributed by atoms with E-state index < -0.39 is 6.09 Å². The summed E-state index contributed by atoms with van der Waals surface area (Å²) in [4.78, 5) is 30.4. The van der Waals surface area contributed by atoms with Crippen LogP contribution in [-0.4, -0.2) is 74.8 Å². The summed E-state index contributed by atoms with van der Waals surface area (Å²) < 4.78 is 31.8. The van der Waals surface area contributed by atoms with Gasteiger partial charge in [0.15, 0.2) is 11.5 Å². The first-order chi connectivity index (χ1) is 23.3. The highest BCUT2D eigenvalue weighted by atomic mass is 19.1. The number of hydrogen-bond donors (Lipinski definition) is 1. The normalized spacial score (nSPS) is 17.8. The Morgan fingerprint density at radius 1 is 0.896 bits per heavy atom. The average molecular weight is 654 g/mol. The van der Waals surface area contributed by atoms with Crippen molar-refractivity contribution in [2.75, 3.05) is 46.9 Å². The lowest BCUT2D eigenvalue weighted by atomic mass is 10.00. The second-order valence-corrected chi connectivity index (χ2v) is 12.7. The number of rotatable bonds is 9. The highest BCUT2D eigenvalue weighted by molar-refractivity contribution is 6.06. The minimum absolute atomic E-state index is 0.108. The van der Waals surface area contributed by atoms with E-state index in [4.69, 9.17) is 14.2 Å². The van der Waals surface area contributed by atoms with Crippen LogP contribution in [0.1, 0.15) is 61.3 Å². The van der Waals surface area contributed by atoms with Crippen LogP contribution in [0.2, 0.25) is 0 Å². The topological polar surface area (TPSA) is 80.3 Å². The molecule has 0 bridgehead atoms. The smallest absolute Gasteiger partial charge is 0.415 e. The van der Waals surface area contributed by atoms with Crippen molar-refractivity contribution in [1.82, 2.24) is 15.1 Å². The standard InChI is InChI=1S/C39H44FN3O5/c1-26-32(31-13-12-29(40)24-33(31)34(26)25-41-37(44)23-27-10-6-4-7-11-27)20-28-21-35(46-2)38(36(22-28)47-3)48-39(45)43-18-14-30(15-19-43)42-16-8-5-9-17-42/h4,6-7,10-13,20-22,24,30H,5,8-9,14-19,23,25H2,1-3H3,(H,41,44)/b32-20-. The van der Waals surface area contributed by atoms with Crippen molar-refractivity contribution in [3.05, 3.63) is 94.3 Å². The van der Waals surface area contributed by atoms with E-state index in [0.29, 0.717) is 30.6 Å². The summed E-state index contributed by atoms with van der Waals surface area (Å²) in [6.45, 7) is 5.83. The molecule has 2 amide bonds. The number of nitrogens with one attached hydrogen (secondary N) is 1. The predicted molar refractivity (Wildman–Crippen MR) is 186 cm³/mol. The summed E-state index contributed by atoms with van der Waals surface area (Å²) in [5, 5.41) is 3.02. The summed E-state index contributed by atoms with van der Waals surface area (Å²) in [6.07, 6.45) is 7.51. The fraction of sp³-hybridized carbons (Fsp3) is 0.385.